The van der Waals surface area contributed by atoms with Crippen LogP contribution in [0.15, 0.2) is 77.8 Å². The number of aliphatic hydroxyl groups is 2. The van der Waals surface area contributed by atoms with Crippen molar-refractivity contribution in [3.8, 4) is 0 Å². The van der Waals surface area contributed by atoms with E-state index >= 15 is 0 Å². The van der Waals surface area contributed by atoms with Crippen molar-refractivity contribution in [3.63, 3.8) is 0 Å². The van der Waals surface area contributed by atoms with Gasteiger partial charge in [-0.2, -0.15) is 13.2 Å². The van der Waals surface area contributed by atoms with Gasteiger partial charge in [0.2, 0.25) is 0 Å². The number of rotatable bonds is 9. The smallest absolute Gasteiger partial charge is 0.475 e. The van der Waals surface area contributed by atoms with Crippen molar-refractivity contribution in [3.05, 3.63) is 106 Å². The molecule has 13 nitrogen and oxygen atoms in total. The fraction of sp³-hybridized carbons (Fsp3) is 0.351. The number of carbonyl (C=O) groups excluding carboxylic acids is 1. The highest BCUT2D eigenvalue weighted by molar-refractivity contribution is 7.13. The van der Waals surface area contributed by atoms with Crippen LogP contribution in [0.1, 0.15) is 47.4 Å². The number of hydrogen-bond acceptors (Lipinski definition) is 13. The number of likely N-dealkylation sites (tertiary alicyclic amines) is 1. The van der Waals surface area contributed by atoms with Crippen molar-refractivity contribution in [2.45, 2.75) is 55.9 Å². The number of pyridine rings is 2. The lowest BCUT2D eigenvalue weighted by Gasteiger charge is -2.38. The summed E-state index contributed by atoms with van der Waals surface area (Å²) in [6.07, 6.45) is 1.67. The number of alkyl halides is 3. The molecule has 6 heterocycles. The molecule has 5 aromatic rings. The minimum absolute atomic E-state index is 0.0458. The number of aliphatic carboxylic acids is 1. The molecule has 1 amide bonds. The Morgan fingerprint density at radius 3 is 1.74 bits per heavy atom. The topological polar surface area (TPSA) is 186 Å². The number of piperidine rings is 2. The molecule has 4 aromatic heterocycles. The van der Waals surface area contributed by atoms with Crippen LogP contribution in [-0.4, -0.2) is 95.6 Å². The first kappa shape index (κ1) is 43.3. The van der Waals surface area contributed by atoms with E-state index in [4.69, 9.17) is 21.5 Å². The number of carboxylic acids is 1. The molecule has 2 fully saturated rings. The van der Waals surface area contributed by atoms with E-state index < -0.39 is 35.1 Å². The molecule has 57 heavy (non-hydrogen) atoms. The Labute approximate surface area is 337 Å². The second-order valence-electron chi connectivity index (χ2n) is 13.2. The average Bonchev–Trinajstić information content (AvgIpc) is 3.88. The summed E-state index contributed by atoms with van der Waals surface area (Å²) < 4.78 is 45.9. The highest BCUT2D eigenvalue weighted by Gasteiger charge is 2.38. The van der Waals surface area contributed by atoms with Crippen LogP contribution in [0.2, 0.25) is 5.02 Å². The Bertz CT molecular complexity index is 2070. The molecule has 0 unspecified atom stereocenters. The maximum atomic E-state index is 14.2. The lowest BCUT2D eigenvalue weighted by molar-refractivity contribution is -0.192. The van der Waals surface area contributed by atoms with Crippen LogP contribution in [0.5, 0.6) is 0 Å². The van der Waals surface area contributed by atoms with E-state index in [9.17, 15) is 32.6 Å². The summed E-state index contributed by atoms with van der Waals surface area (Å²) in [6, 6.07) is 15.8. The van der Waals surface area contributed by atoms with E-state index in [0.717, 1.165) is 53.4 Å². The van der Waals surface area contributed by atoms with Gasteiger partial charge in [-0.25, -0.2) is 29.1 Å². The van der Waals surface area contributed by atoms with Gasteiger partial charge < -0.3 is 36.2 Å². The van der Waals surface area contributed by atoms with Crippen LogP contribution in [0.3, 0.4) is 0 Å². The molecule has 2 aliphatic heterocycles. The fourth-order valence-corrected chi connectivity index (χ4v) is 7.22. The van der Waals surface area contributed by atoms with Gasteiger partial charge in [-0.3, -0.25) is 4.79 Å². The summed E-state index contributed by atoms with van der Waals surface area (Å²) >= 11 is 8.80. The number of anilines is 4. The van der Waals surface area contributed by atoms with Crippen LogP contribution >= 0.6 is 34.3 Å². The highest BCUT2D eigenvalue weighted by Crippen LogP contribution is 2.29. The summed E-state index contributed by atoms with van der Waals surface area (Å²) in [4.78, 5) is 40.6. The maximum Gasteiger partial charge on any atom is 0.490 e. The predicted octanol–water partition coefficient (Wildman–Crippen LogP) is 6.86. The minimum atomic E-state index is -5.08. The first-order chi connectivity index (χ1) is 27.1. The van der Waals surface area contributed by atoms with Crippen LogP contribution in [-0.2, 0) is 17.6 Å². The molecule has 0 saturated carbocycles. The Hall–Kier alpha value is -4.79. The number of halogens is 5. The Morgan fingerprint density at radius 1 is 0.807 bits per heavy atom. The number of nitrogens with zero attached hydrogens (tertiary/aromatic N) is 5. The van der Waals surface area contributed by atoms with Gasteiger partial charge >= 0.3 is 12.1 Å². The quantitative estimate of drug-likeness (QED) is 0.0849. The monoisotopic (exact) mass is 850 g/mol. The van der Waals surface area contributed by atoms with E-state index in [1.807, 2.05) is 47.2 Å². The van der Waals surface area contributed by atoms with Gasteiger partial charge in [-0.05, 0) is 75.2 Å². The lowest BCUT2D eigenvalue weighted by Crippen LogP contribution is -2.48. The van der Waals surface area contributed by atoms with E-state index in [2.05, 4.69) is 35.9 Å². The number of carbonyl (C=O) groups is 2. The fourth-order valence-electron chi connectivity index (χ4n) is 5.97. The molecule has 2 aliphatic rings. The molecule has 2 saturated heterocycles. The SMILES string of the molecule is O=C(O)C(F)(F)F.O=C(c1cccc(Cl)c1F)N1CCC(O)(Cc2cccc(Nc3nccs3)n2)CC1.OC1(Cc2cccc(Nc3nccs3)n2)CCNCC1. The molecule has 0 radical (unpaired) electrons. The van der Waals surface area contributed by atoms with Crippen molar-refractivity contribution in [1.29, 1.82) is 0 Å². The molecule has 0 aliphatic carbocycles. The third kappa shape index (κ3) is 13.1. The number of amides is 1. The van der Waals surface area contributed by atoms with Crippen LogP contribution in [0.25, 0.3) is 0 Å². The van der Waals surface area contributed by atoms with E-state index in [1.54, 1.807) is 23.4 Å². The molecular weight excluding hydrogens is 812 g/mol. The number of hydrogen-bond donors (Lipinski definition) is 6. The summed E-state index contributed by atoms with van der Waals surface area (Å²) in [6.45, 7) is 2.40. The zero-order chi connectivity index (χ0) is 41.1. The zero-order valence-corrected chi connectivity index (χ0v) is 32.6. The number of aromatic nitrogens is 4. The molecule has 7 rings (SSSR count). The third-order valence-corrected chi connectivity index (χ3v) is 10.6. The van der Waals surface area contributed by atoms with E-state index in [-0.39, 0.29) is 10.6 Å². The standard InChI is InChI=1S/C21H20ClFN4O2S.C14H18N4OS.C2HF3O2/c22-16-5-2-4-15(18(16)23)19(28)27-10-7-21(29,8-11-27)13-14-3-1-6-17(25-14)26-20-24-9-12-30-20;19-14(4-6-15-7-5-14)10-11-2-1-3-12(17-11)18-13-16-8-9-20-13;3-2(4,5)1(6)7/h1-6,9,12,29H,7-8,10-11,13H2,(H,24,25,26);1-3,8-9,15,19H,4-7,10H2,(H,16,17,18);(H,6,7). The number of benzene rings is 1. The summed E-state index contributed by atoms with van der Waals surface area (Å²) in [5.74, 6) is -2.44. The third-order valence-electron chi connectivity index (χ3n) is 8.91. The summed E-state index contributed by atoms with van der Waals surface area (Å²) in [5, 5.41) is 43.6. The molecule has 0 atom stereocenters. The van der Waals surface area contributed by atoms with Gasteiger partial charge in [0, 0.05) is 60.5 Å². The van der Waals surface area contributed by atoms with Gasteiger partial charge in [-0.1, -0.05) is 29.8 Å². The molecular formula is C37H39ClF4N8O5S2. The second-order valence-corrected chi connectivity index (χ2v) is 15.4. The zero-order valence-electron chi connectivity index (χ0n) is 30.2. The van der Waals surface area contributed by atoms with Gasteiger partial charge in [-0.15, -0.1) is 22.7 Å². The first-order valence-electron chi connectivity index (χ1n) is 17.6. The van der Waals surface area contributed by atoms with Crippen molar-refractivity contribution in [1.82, 2.24) is 30.2 Å². The molecule has 1 aromatic carbocycles. The second kappa shape index (κ2) is 19.6. The summed E-state index contributed by atoms with van der Waals surface area (Å²) in [7, 11) is 0. The number of nitrogens with one attached hydrogen (secondary N) is 3. The predicted molar refractivity (Wildman–Crippen MR) is 209 cm³/mol. The molecule has 0 bridgehead atoms. The van der Waals surface area contributed by atoms with Crippen LogP contribution in [0, 0.1) is 5.82 Å². The van der Waals surface area contributed by atoms with Crippen LogP contribution < -0.4 is 16.0 Å². The van der Waals surface area contributed by atoms with Crippen molar-refractivity contribution in [2.24, 2.45) is 0 Å². The Balaban J connectivity index is 0.000000197. The highest BCUT2D eigenvalue weighted by atomic mass is 35.5. The van der Waals surface area contributed by atoms with Gasteiger partial charge in [0.1, 0.15) is 11.6 Å². The summed E-state index contributed by atoms with van der Waals surface area (Å²) in [5.41, 5.74) is 0.0142. The maximum absolute atomic E-state index is 14.2. The van der Waals surface area contributed by atoms with E-state index in [1.165, 1.54) is 34.8 Å². The minimum Gasteiger partial charge on any atom is -0.475 e. The molecule has 304 valence electrons. The van der Waals surface area contributed by atoms with Gasteiger partial charge in [0.15, 0.2) is 16.1 Å². The lowest BCUT2D eigenvalue weighted by atomic mass is 9.86. The molecule has 0 spiro atoms. The van der Waals surface area contributed by atoms with Crippen molar-refractivity contribution < 1.29 is 42.5 Å². The molecule has 6 N–H and O–H groups in total. The Kier molecular flexibility index (Phi) is 14.9. The van der Waals surface area contributed by atoms with Gasteiger partial charge in [0.05, 0.1) is 21.8 Å². The normalized spacial score (nSPS) is 15.9. The largest absolute Gasteiger partial charge is 0.490 e. The van der Waals surface area contributed by atoms with Gasteiger partial charge in [0.25, 0.3) is 5.91 Å². The van der Waals surface area contributed by atoms with Crippen molar-refractivity contribution >= 4 is 68.0 Å². The number of thiazole rings is 2. The van der Waals surface area contributed by atoms with E-state index in [0.29, 0.717) is 44.6 Å². The molecule has 20 heteroatoms. The average molecular weight is 851 g/mol. The number of carboxylic acid groups (broad SMARTS) is 1. The van der Waals surface area contributed by atoms with Crippen LogP contribution in [0.4, 0.5) is 39.5 Å². The Morgan fingerprint density at radius 2 is 1.28 bits per heavy atom. The first-order valence-corrected chi connectivity index (χ1v) is 19.7. The van der Waals surface area contributed by atoms with Crippen molar-refractivity contribution in [2.75, 3.05) is 36.8 Å².